The van der Waals surface area contributed by atoms with Gasteiger partial charge in [-0.2, -0.15) is 0 Å². The van der Waals surface area contributed by atoms with Gasteiger partial charge in [0, 0.05) is 41.6 Å². The van der Waals surface area contributed by atoms with Crippen LogP contribution in [0, 0.1) is 6.92 Å². The number of aryl methyl sites for hydroxylation is 1. The minimum Gasteiger partial charge on any atom is -0.381 e. The molecule has 4 N–H and O–H groups in total. The lowest BCUT2D eigenvalue weighted by Crippen LogP contribution is -2.44. The van der Waals surface area contributed by atoms with Crippen LogP contribution >= 0.6 is 0 Å². The molecule has 4 rings (SSSR count). The van der Waals surface area contributed by atoms with E-state index < -0.39 is 0 Å². The number of pyridine rings is 1. The van der Waals surface area contributed by atoms with Gasteiger partial charge in [0.05, 0.1) is 11.4 Å². The van der Waals surface area contributed by atoms with E-state index in [9.17, 15) is 0 Å². The molecule has 1 saturated carbocycles. The van der Waals surface area contributed by atoms with Gasteiger partial charge in [0.25, 0.3) is 0 Å². The van der Waals surface area contributed by atoms with Gasteiger partial charge in [0.2, 0.25) is 0 Å². The van der Waals surface area contributed by atoms with Crippen molar-refractivity contribution in [2.45, 2.75) is 31.8 Å². The molecule has 3 aromatic rings. The molecule has 0 atom stereocenters. The SMILES string of the molecule is Cc1nccc(-c2cnc3[nH]ccc3c2NC2CC(N)C2)n1. The Labute approximate surface area is 128 Å². The molecule has 22 heavy (non-hydrogen) atoms. The van der Waals surface area contributed by atoms with Crippen molar-refractivity contribution in [3.05, 3.63) is 36.5 Å². The van der Waals surface area contributed by atoms with Crippen molar-refractivity contribution in [2.24, 2.45) is 5.73 Å². The maximum Gasteiger partial charge on any atom is 0.139 e. The van der Waals surface area contributed by atoms with E-state index in [2.05, 4.69) is 25.3 Å². The van der Waals surface area contributed by atoms with Crippen LogP contribution in [0.1, 0.15) is 18.7 Å². The number of nitrogens with one attached hydrogen (secondary N) is 2. The first-order valence-electron chi connectivity index (χ1n) is 7.49. The fraction of sp³-hybridized carbons (Fsp3) is 0.312. The summed E-state index contributed by atoms with van der Waals surface area (Å²) in [6.45, 7) is 1.89. The molecule has 0 aromatic carbocycles. The lowest BCUT2D eigenvalue weighted by atomic mass is 9.87. The molecule has 0 spiro atoms. The van der Waals surface area contributed by atoms with Gasteiger partial charge in [-0.1, -0.05) is 0 Å². The zero-order valence-corrected chi connectivity index (χ0v) is 12.4. The molecule has 6 heteroatoms. The van der Waals surface area contributed by atoms with Crippen molar-refractivity contribution in [3.8, 4) is 11.3 Å². The fourth-order valence-corrected chi connectivity index (χ4v) is 2.95. The predicted molar refractivity (Wildman–Crippen MR) is 86.5 cm³/mol. The fourth-order valence-electron chi connectivity index (χ4n) is 2.95. The summed E-state index contributed by atoms with van der Waals surface area (Å²) in [5.41, 5.74) is 9.73. The van der Waals surface area contributed by atoms with Crippen LogP contribution in [0.15, 0.2) is 30.7 Å². The van der Waals surface area contributed by atoms with Crippen LogP contribution in [-0.2, 0) is 0 Å². The van der Waals surface area contributed by atoms with Gasteiger partial charge in [-0.05, 0) is 31.9 Å². The highest BCUT2D eigenvalue weighted by Gasteiger charge is 2.27. The number of rotatable bonds is 3. The second-order valence-electron chi connectivity index (χ2n) is 5.85. The Kier molecular flexibility index (Phi) is 3.04. The van der Waals surface area contributed by atoms with Gasteiger partial charge in [-0.3, -0.25) is 0 Å². The Bertz CT molecular complexity index is 818. The summed E-state index contributed by atoms with van der Waals surface area (Å²) >= 11 is 0. The molecule has 6 nitrogen and oxygen atoms in total. The quantitative estimate of drug-likeness (QED) is 0.689. The van der Waals surface area contributed by atoms with Gasteiger partial charge in [0.1, 0.15) is 11.5 Å². The maximum absolute atomic E-state index is 5.91. The van der Waals surface area contributed by atoms with Crippen molar-refractivity contribution >= 4 is 16.7 Å². The van der Waals surface area contributed by atoms with Gasteiger partial charge < -0.3 is 16.0 Å². The lowest BCUT2D eigenvalue weighted by Gasteiger charge is -2.34. The first-order chi connectivity index (χ1) is 10.7. The summed E-state index contributed by atoms with van der Waals surface area (Å²) in [5.74, 6) is 0.753. The van der Waals surface area contributed by atoms with E-state index in [1.165, 1.54) is 0 Å². The molecular formula is C16H18N6. The highest BCUT2D eigenvalue weighted by molar-refractivity contribution is 5.97. The number of hydrogen-bond donors (Lipinski definition) is 3. The summed E-state index contributed by atoms with van der Waals surface area (Å²) in [4.78, 5) is 16.4. The number of hydrogen-bond acceptors (Lipinski definition) is 5. The van der Waals surface area contributed by atoms with Crippen LogP contribution in [0.2, 0.25) is 0 Å². The normalized spacial score (nSPS) is 20.8. The third-order valence-electron chi connectivity index (χ3n) is 4.16. The van der Waals surface area contributed by atoms with Gasteiger partial charge in [0.15, 0.2) is 0 Å². The summed E-state index contributed by atoms with van der Waals surface area (Å²) in [7, 11) is 0. The molecule has 1 fully saturated rings. The summed E-state index contributed by atoms with van der Waals surface area (Å²) in [6.07, 6.45) is 7.54. The molecule has 3 heterocycles. The second-order valence-corrected chi connectivity index (χ2v) is 5.85. The molecular weight excluding hydrogens is 276 g/mol. The molecule has 112 valence electrons. The molecule has 1 aliphatic rings. The number of anilines is 1. The minimum absolute atomic E-state index is 0.311. The third kappa shape index (κ3) is 2.21. The Morgan fingerprint density at radius 3 is 2.91 bits per heavy atom. The highest BCUT2D eigenvalue weighted by Crippen LogP contribution is 2.35. The predicted octanol–water partition coefficient (Wildman–Crippen LogP) is 2.23. The average Bonchev–Trinajstić information content (AvgIpc) is 2.94. The zero-order valence-electron chi connectivity index (χ0n) is 12.4. The van der Waals surface area contributed by atoms with Crippen LogP contribution in [0.3, 0.4) is 0 Å². The topological polar surface area (TPSA) is 92.5 Å². The third-order valence-corrected chi connectivity index (χ3v) is 4.16. The largest absolute Gasteiger partial charge is 0.381 e. The number of aromatic amines is 1. The second kappa shape index (κ2) is 5.06. The first-order valence-corrected chi connectivity index (χ1v) is 7.49. The van der Waals surface area contributed by atoms with Crippen molar-refractivity contribution in [1.29, 1.82) is 0 Å². The maximum atomic E-state index is 5.91. The number of nitrogens with zero attached hydrogens (tertiary/aromatic N) is 3. The molecule has 3 aromatic heterocycles. The molecule has 1 aliphatic carbocycles. The Balaban J connectivity index is 1.82. The van der Waals surface area contributed by atoms with Crippen molar-refractivity contribution in [1.82, 2.24) is 19.9 Å². The zero-order chi connectivity index (χ0) is 15.1. The summed E-state index contributed by atoms with van der Waals surface area (Å²) in [5, 5.41) is 4.70. The van der Waals surface area contributed by atoms with E-state index in [0.29, 0.717) is 12.1 Å². The monoisotopic (exact) mass is 294 g/mol. The standard InChI is InChI=1S/C16H18N6/c1-9-18-5-3-14(21-9)13-8-20-16-12(2-4-19-16)15(13)22-11-6-10(17)7-11/h2-5,8,10-11H,6-7,17H2,1H3,(H2,19,20,22). The van der Waals surface area contributed by atoms with Crippen LogP contribution in [-0.4, -0.2) is 32.0 Å². The van der Waals surface area contributed by atoms with Crippen molar-refractivity contribution < 1.29 is 0 Å². The van der Waals surface area contributed by atoms with E-state index >= 15 is 0 Å². The Morgan fingerprint density at radius 1 is 1.27 bits per heavy atom. The Morgan fingerprint density at radius 2 is 2.14 bits per heavy atom. The minimum atomic E-state index is 0.311. The van der Waals surface area contributed by atoms with E-state index in [1.54, 1.807) is 6.20 Å². The number of nitrogens with two attached hydrogens (primary N) is 1. The number of aromatic nitrogens is 4. The average molecular weight is 294 g/mol. The molecule has 0 bridgehead atoms. The van der Waals surface area contributed by atoms with Crippen molar-refractivity contribution in [3.63, 3.8) is 0 Å². The molecule has 0 unspecified atom stereocenters. The molecule has 0 radical (unpaired) electrons. The summed E-state index contributed by atoms with van der Waals surface area (Å²) < 4.78 is 0. The van der Waals surface area contributed by atoms with Crippen LogP contribution in [0.4, 0.5) is 5.69 Å². The van der Waals surface area contributed by atoms with Crippen LogP contribution in [0.5, 0.6) is 0 Å². The van der Waals surface area contributed by atoms with E-state index in [0.717, 1.165) is 46.6 Å². The smallest absolute Gasteiger partial charge is 0.139 e. The van der Waals surface area contributed by atoms with E-state index in [4.69, 9.17) is 5.73 Å². The van der Waals surface area contributed by atoms with Crippen LogP contribution in [0.25, 0.3) is 22.3 Å². The number of H-pyrrole nitrogens is 1. The van der Waals surface area contributed by atoms with Crippen molar-refractivity contribution in [2.75, 3.05) is 5.32 Å². The first kappa shape index (κ1) is 13.2. The van der Waals surface area contributed by atoms with Gasteiger partial charge in [-0.25, -0.2) is 15.0 Å². The summed E-state index contributed by atoms with van der Waals surface area (Å²) in [6, 6.07) is 4.68. The molecule has 0 amide bonds. The van der Waals surface area contributed by atoms with Gasteiger partial charge in [-0.15, -0.1) is 0 Å². The molecule has 0 aliphatic heterocycles. The van der Waals surface area contributed by atoms with Gasteiger partial charge >= 0.3 is 0 Å². The van der Waals surface area contributed by atoms with E-state index in [-0.39, 0.29) is 0 Å². The molecule has 0 saturated heterocycles. The number of fused-ring (bicyclic) bond motifs is 1. The van der Waals surface area contributed by atoms with Crippen LogP contribution < -0.4 is 11.1 Å². The highest BCUT2D eigenvalue weighted by atomic mass is 15.0. The Hall–Kier alpha value is -2.47. The van der Waals surface area contributed by atoms with E-state index in [1.807, 2.05) is 31.5 Å². The lowest BCUT2D eigenvalue weighted by molar-refractivity contribution is 0.374.